The predicted molar refractivity (Wildman–Crippen MR) is 144 cm³/mol. The summed E-state index contributed by atoms with van der Waals surface area (Å²) >= 11 is 1.49. The van der Waals surface area contributed by atoms with Crippen molar-refractivity contribution in [3.63, 3.8) is 0 Å². The maximum absolute atomic E-state index is 13.3. The number of anilines is 1. The highest BCUT2D eigenvalue weighted by Gasteiger charge is 2.26. The summed E-state index contributed by atoms with van der Waals surface area (Å²) in [6, 6.07) is 14.3. The van der Waals surface area contributed by atoms with Gasteiger partial charge in [0.2, 0.25) is 5.91 Å². The standard InChI is InChI=1S/C24H28N4O6S2.CH4/c1-3-22-25-21(15-35-22)19(13-17-9-11-18(12-10-17)28-36(31,32)33)26-23(29)20(27-24(30)34-2)14-16-7-5-4-6-8-16;/h4-12,15,19-20,28H,3,13-14H2,1-2H3,(H,26,29)(H,27,30)(H,31,32,33);1H4/t19-,20-;/m0./s1. The first-order valence-electron chi connectivity index (χ1n) is 11.1. The molecule has 3 rings (SSSR count). The van der Waals surface area contributed by atoms with Crippen molar-refractivity contribution in [2.75, 3.05) is 11.8 Å². The first-order valence-corrected chi connectivity index (χ1v) is 13.5. The molecule has 0 unspecified atom stereocenters. The van der Waals surface area contributed by atoms with Crippen LogP contribution in [-0.4, -0.2) is 43.1 Å². The molecule has 0 saturated carbocycles. The first-order chi connectivity index (χ1) is 17.2. The average molecular weight is 549 g/mol. The number of aryl methyl sites for hydroxylation is 1. The van der Waals surface area contributed by atoms with Crippen molar-refractivity contribution in [3.05, 3.63) is 81.8 Å². The van der Waals surface area contributed by atoms with E-state index in [1.807, 2.05) is 47.4 Å². The van der Waals surface area contributed by atoms with Crippen molar-refractivity contribution in [1.29, 1.82) is 0 Å². The van der Waals surface area contributed by atoms with Gasteiger partial charge in [-0.05, 0) is 36.1 Å². The molecule has 0 saturated heterocycles. The van der Waals surface area contributed by atoms with E-state index in [0.717, 1.165) is 22.6 Å². The first kappa shape index (κ1) is 29.7. The number of nitrogens with zero attached hydrogens (tertiary/aromatic N) is 1. The minimum atomic E-state index is -4.38. The highest BCUT2D eigenvalue weighted by atomic mass is 32.2. The van der Waals surface area contributed by atoms with Gasteiger partial charge >= 0.3 is 16.4 Å². The molecule has 0 aliphatic rings. The highest BCUT2D eigenvalue weighted by Crippen LogP contribution is 2.23. The second kappa shape index (κ2) is 13.7. The predicted octanol–water partition coefficient (Wildman–Crippen LogP) is 3.92. The zero-order valence-corrected chi connectivity index (χ0v) is 21.4. The van der Waals surface area contributed by atoms with E-state index in [4.69, 9.17) is 9.29 Å². The number of hydrogen-bond acceptors (Lipinski definition) is 7. The fourth-order valence-electron chi connectivity index (χ4n) is 3.50. The molecule has 200 valence electrons. The van der Waals surface area contributed by atoms with Crippen LogP contribution < -0.4 is 15.4 Å². The number of thiazole rings is 1. The number of benzene rings is 2. The number of carbonyl (C=O) groups excluding carboxylic acids is 2. The summed E-state index contributed by atoms with van der Waals surface area (Å²) in [6.07, 6.45) is 0.663. The number of carbonyl (C=O) groups is 2. The van der Waals surface area contributed by atoms with Crippen molar-refractivity contribution >= 4 is 39.3 Å². The molecule has 0 bridgehead atoms. The van der Waals surface area contributed by atoms with Gasteiger partial charge < -0.3 is 15.4 Å². The quantitative estimate of drug-likeness (QED) is 0.266. The van der Waals surface area contributed by atoms with Gasteiger partial charge in [-0.25, -0.2) is 9.78 Å². The van der Waals surface area contributed by atoms with E-state index in [1.165, 1.54) is 30.6 Å². The van der Waals surface area contributed by atoms with Gasteiger partial charge in [0.15, 0.2) is 0 Å². The maximum atomic E-state index is 13.3. The van der Waals surface area contributed by atoms with Crippen LogP contribution in [0, 0.1) is 0 Å². The third-order valence-electron chi connectivity index (χ3n) is 5.26. The lowest BCUT2D eigenvalue weighted by Gasteiger charge is -2.23. The lowest BCUT2D eigenvalue weighted by Crippen LogP contribution is -2.49. The van der Waals surface area contributed by atoms with Gasteiger partial charge in [-0.2, -0.15) is 8.42 Å². The molecule has 2 amide bonds. The van der Waals surface area contributed by atoms with Crippen LogP contribution in [0.15, 0.2) is 60.0 Å². The highest BCUT2D eigenvalue weighted by molar-refractivity contribution is 7.87. The molecular formula is C25H32N4O6S2. The van der Waals surface area contributed by atoms with Crippen molar-refractivity contribution in [3.8, 4) is 0 Å². The van der Waals surface area contributed by atoms with Crippen molar-refractivity contribution in [2.24, 2.45) is 0 Å². The zero-order chi connectivity index (χ0) is 26.1. The summed E-state index contributed by atoms with van der Waals surface area (Å²) in [5.74, 6) is -0.398. The molecule has 1 aromatic heterocycles. The molecule has 0 radical (unpaired) electrons. The molecular weight excluding hydrogens is 516 g/mol. The van der Waals surface area contributed by atoms with Gasteiger partial charge in [-0.1, -0.05) is 56.8 Å². The summed E-state index contributed by atoms with van der Waals surface area (Å²) in [4.78, 5) is 29.9. The van der Waals surface area contributed by atoms with E-state index >= 15 is 0 Å². The molecule has 2 atom stereocenters. The van der Waals surface area contributed by atoms with Gasteiger partial charge in [0.1, 0.15) is 6.04 Å². The Kier molecular flexibility index (Phi) is 11.0. The lowest BCUT2D eigenvalue weighted by molar-refractivity contribution is -0.123. The Labute approximate surface area is 221 Å². The van der Waals surface area contributed by atoms with Crippen LogP contribution in [0.3, 0.4) is 0 Å². The molecule has 12 heteroatoms. The Balaban J connectivity index is 0.00000481. The fourth-order valence-corrected chi connectivity index (χ4v) is 4.74. The maximum Gasteiger partial charge on any atom is 0.407 e. The van der Waals surface area contributed by atoms with E-state index in [0.29, 0.717) is 12.1 Å². The molecule has 3 aromatic rings. The summed E-state index contributed by atoms with van der Waals surface area (Å²) in [7, 11) is -3.15. The minimum Gasteiger partial charge on any atom is -0.453 e. The monoisotopic (exact) mass is 548 g/mol. The van der Waals surface area contributed by atoms with Crippen LogP contribution in [-0.2, 0) is 39.1 Å². The van der Waals surface area contributed by atoms with E-state index in [-0.39, 0.29) is 19.5 Å². The van der Waals surface area contributed by atoms with Crippen LogP contribution in [0.4, 0.5) is 10.5 Å². The largest absolute Gasteiger partial charge is 0.453 e. The molecule has 0 aliphatic heterocycles. The number of alkyl carbamates (subject to hydrolysis) is 1. The number of hydrogen-bond donors (Lipinski definition) is 4. The van der Waals surface area contributed by atoms with Gasteiger partial charge in [0, 0.05) is 11.8 Å². The lowest BCUT2D eigenvalue weighted by atomic mass is 10.0. The van der Waals surface area contributed by atoms with Gasteiger partial charge in [-0.15, -0.1) is 11.3 Å². The summed E-state index contributed by atoms with van der Waals surface area (Å²) in [6.45, 7) is 1.99. The molecule has 4 N–H and O–H groups in total. The molecule has 0 fully saturated rings. The van der Waals surface area contributed by atoms with E-state index in [2.05, 4.69) is 15.6 Å². The third-order valence-corrected chi connectivity index (χ3v) is 6.77. The van der Waals surface area contributed by atoms with E-state index in [1.54, 1.807) is 12.1 Å². The van der Waals surface area contributed by atoms with Gasteiger partial charge in [0.05, 0.1) is 29.5 Å². The van der Waals surface area contributed by atoms with E-state index < -0.39 is 34.4 Å². The zero-order valence-electron chi connectivity index (χ0n) is 19.8. The fraction of sp³-hybridized carbons (Fsp3) is 0.320. The van der Waals surface area contributed by atoms with Crippen molar-refractivity contribution in [2.45, 2.75) is 45.7 Å². The third kappa shape index (κ3) is 9.48. The Morgan fingerprint density at radius 2 is 1.68 bits per heavy atom. The normalized spacial score (nSPS) is 12.5. The average Bonchev–Trinajstić information content (AvgIpc) is 3.33. The number of methoxy groups -OCH3 is 1. The Morgan fingerprint density at radius 1 is 1.03 bits per heavy atom. The smallest absolute Gasteiger partial charge is 0.407 e. The SMILES string of the molecule is C.CCc1nc([C@H](Cc2ccc(NS(=O)(=O)O)cc2)NC(=O)[C@H](Cc2ccccc2)NC(=O)OC)cs1. The molecule has 2 aromatic carbocycles. The Morgan fingerprint density at radius 3 is 2.24 bits per heavy atom. The number of aromatic nitrogens is 1. The minimum absolute atomic E-state index is 0. The van der Waals surface area contributed by atoms with Crippen molar-refractivity contribution < 1.29 is 27.3 Å². The molecule has 10 nitrogen and oxygen atoms in total. The number of rotatable bonds is 11. The van der Waals surface area contributed by atoms with Crippen LogP contribution in [0.1, 0.15) is 42.2 Å². The van der Waals surface area contributed by atoms with Crippen molar-refractivity contribution in [1.82, 2.24) is 15.6 Å². The second-order valence-electron chi connectivity index (χ2n) is 7.94. The number of nitrogens with one attached hydrogen (secondary N) is 3. The molecule has 0 aliphatic carbocycles. The van der Waals surface area contributed by atoms with Crippen LogP contribution in [0.5, 0.6) is 0 Å². The van der Waals surface area contributed by atoms with Crippen LogP contribution in [0.25, 0.3) is 0 Å². The topological polar surface area (TPSA) is 147 Å². The summed E-state index contributed by atoms with van der Waals surface area (Å²) < 4.78 is 37.8. The molecule has 37 heavy (non-hydrogen) atoms. The van der Waals surface area contributed by atoms with Gasteiger partial charge in [-0.3, -0.25) is 14.1 Å². The van der Waals surface area contributed by atoms with Crippen LogP contribution >= 0.6 is 11.3 Å². The van der Waals surface area contributed by atoms with E-state index in [9.17, 15) is 18.0 Å². The number of ether oxygens (including phenoxy) is 1. The Bertz CT molecular complexity index is 1260. The second-order valence-corrected chi connectivity index (χ2v) is 10.0. The summed E-state index contributed by atoms with van der Waals surface area (Å²) in [5.41, 5.74) is 2.55. The molecule has 0 spiro atoms. The van der Waals surface area contributed by atoms with Gasteiger partial charge in [0.25, 0.3) is 0 Å². The Hall–Kier alpha value is -3.48. The summed E-state index contributed by atoms with van der Waals surface area (Å²) in [5, 5.41) is 8.42. The van der Waals surface area contributed by atoms with Crippen LogP contribution in [0.2, 0.25) is 0 Å². The number of amides is 2. The molecule has 1 heterocycles.